The number of benzene rings is 3. The Labute approximate surface area is 248 Å². The predicted molar refractivity (Wildman–Crippen MR) is 162 cm³/mol. The SMILES string of the molecule is CCC(Sc1nc2cc(OC)c(OC)cc2c(=O)n1CCc1ccc(S(N)(=O)=O)cc1)C(=O)Nc1cccc(OC)c1. The molecule has 4 rings (SSSR count). The summed E-state index contributed by atoms with van der Waals surface area (Å²) in [6, 6.07) is 16.4. The van der Waals surface area contributed by atoms with Gasteiger partial charge < -0.3 is 19.5 Å². The lowest BCUT2D eigenvalue weighted by molar-refractivity contribution is -0.115. The number of amides is 1. The van der Waals surface area contributed by atoms with Crippen molar-refractivity contribution < 1.29 is 27.4 Å². The number of nitrogens with one attached hydrogen (secondary N) is 1. The van der Waals surface area contributed by atoms with E-state index in [4.69, 9.17) is 24.3 Å². The van der Waals surface area contributed by atoms with E-state index < -0.39 is 15.3 Å². The largest absolute Gasteiger partial charge is 0.497 e. The van der Waals surface area contributed by atoms with Crippen LogP contribution in [0.25, 0.3) is 10.9 Å². The summed E-state index contributed by atoms with van der Waals surface area (Å²) in [7, 11) is 0.709. The van der Waals surface area contributed by atoms with Crippen LogP contribution in [-0.4, -0.2) is 50.5 Å². The number of anilines is 1. The number of carbonyl (C=O) groups excluding carboxylic acids is 1. The topological polar surface area (TPSA) is 152 Å². The van der Waals surface area contributed by atoms with Crippen LogP contribution in [0, 0.1) is 0 Å². The molecule has 42 heavy (non-hydrogen) atoms. The van der Waals surface area contributed by atoms with Crippen molar-refractivity contribution in [3.05, 3.63) is 76.6 Å². The third kappa shape index (κ3) is 7.04. The van der Waals surface area contributed by atoms with Gasteiger partial charge in [-0.25, -0.2) is 18.5 Å². The maximum Gasteiger partial charge on any atom is 0.262 e. The van der Waals surface area contributed by atoms with E-state index in [1.165, 1.54) is 42.7 Å². The monoisotopic (exact) mass is 612 g/mol. The van der Waals surface area contributed by atoms with Crippen LogP contribution >= 0.6 is 11.8 Å². The molecule has 0 saturated heterocycles. The smallest absolute Gasteiger partial charge is 0.262 e. The summed E-state index contributed by atoms with van der Waals surface area (Å²) >= 11 is 1.19. The third-order valence-electron chi connectivity index (χ3n) is 6.55. The summed E-state index contributed by atoms with van der Waals surface area (Å²) < 4.78 is 40.8. The van der Waals surface area contributed by atoms with Gasteiger partial charge in [0.05, 0.1) is 42.4 Å². The highest BCUT2D eigenvalue weighted by Crippen LogP contribution is 2.32. The van der Waals surface area contributed by atoms with Crippen molar-refractivity contribution in [1.82, 2.24) is 9.55 Å². The number of aromatic nitrogens is 2. The van der Waals surface area contributed by atoms with Gasteiger partial charge in [0.15, 0.2) is 16.7 Å². The zero-order valence-corrected chi connectivity index (χ0v) is 25.3. The minimum Gasteiger partial charge on any atom is -0.497 e. The highest BCUT2D eigenvalue weighted by molar-refractivity contribution is 8.00. The van der Waals surface area contributed by atoms with Crippen molar-refractivity contribution in [2.45, 2.75) is 41.6 Å². The van der Waals surface area contributed by atoms with Crippen molar-refractivity contribution >= 4 is 44.3 Å². The van der Waals surface area contributed by atoms with Gasteiger partial charge in [0.1, 0.15) is 5.75 Å². The second kappa shape index (κ2) is 13.3. The molecule has 0 saturated carbocycles. The van der Waals surface area contributed by atoms with Gasteiger partial charge in [0.25, 0.3) is 5.56 Å². The fraction of sp³-hybridized carbons (Fsp3) is 0.276. The number of nitrogens with two attached hydrogens (primary N) is 1. The summed E-state index contributed by atoms with van der Waals surface area (Å²) in [5.41, 5.74) is 1.46. The van der Waals surface area contributed by atoms with Gasteiger partial charge in [-0.05, 0) is 48.7 Å². The molecule has 0 fully saturated rings. The number of aryl methyl sites for hydroxylation is 1. The number of sulfonamides is 1. The molecule has 11 nitrogen and oxygen atoms in total. The Morgan fingerprint density at radius 2 is 1.71 bits per heavy atom. The summed E-state index contributed by atoms with van der Waals surface area (Å²) in [6.07, 6.45) is 0.862. The number of nitrogens with zero attached hydrogens (tertiary/aromatic N) is 2. The van der Waals surface area contributed by atoms with Crippen LogP contribution in [0.4, 0.5) is 5.69 Å². The number of primary sulfonamides is 1. The minimum atomic E-state index is -3.82. The van der Waals surface area contributed by atoms with E-state index in [1.54, 1.807) is 55.6 Å². The highest BCUT2D eigenvalue weighted by Gasteiger charge is 2.23. The lowest BCUT2D eigenvalue weighted by Gasteiger charge is -2.19. The predicted octanol–water partition coefficient (Wildman–Crippen LogP) is 3.82. The molecule has 0 aliphatic carbocycles. The number of carbonyl (C=O) groups is 1. The van der Waals surface area contributed by atoms with Crippen molar-refractivity contribution in [3.63, 3.8) is 0 Å². The Hall–Kier alpha value is -4.07. The van der Waals surface area contributed by atoms with Crippen LogP contribution < -0.4 is 30.2 Å². The second-order valence-corrected chi connectivity index (χ2v) is 12.0. The van der Waals surface area contributed by atoms with Gasteiger partial charge in [-0.2, -0.15) is 0 Å². The molecule has 0 aliphatic rings. The summed E-state index contributed by atoms with van der Waals surface area (Å²) in [5.74, 6) is 1.17. The number of rotatable bonds is 12. The Morgan fingerprint density at radius 1 is 1.02 bits per heavy atom. The van der Waals surface area contributed by atoms with Crippen LogP contribution in [0.1, 0.15) is 18.9 Å². The molecular weight excluding hydrogens is 580 g/mol. The molecule has 0 spiro atoms. The molecule has 222 valence electrons. The fourth-order valence-corrected chi connectivity index (χ4v) is 5.83. The van der Waals surface area contributed by atoms with Gasteiger partial charge in [-0.3, -0.25) is 14.2 Å². The Bertz CT molecular complexity index is 1760. The molecule has 1 amide bonds. The van der Waals surface area contributed by atoms with Crippen LogP contribution in [0.2, 0.25) is 0 Å². The number of hydrogen-bond donors (Lipinski definition) is 2. The van der Waals surface area contributed by atoms with Gasteiger partial charge in [-0.15, -0.1) is 0 Å². The van der Waals surface area contributed by atoms with E-state index >= 15 is 0 Å². The Balaban J connectivity index is 1.71. The van der Waals surface area contributed by atoms with E-state index in [0.29, 0.717) is 51.8 Å². The molecule has 13 heteroatoms. The molecule has 0 aliphatic heterocycles. The minimum absolute atomic E-state index is 0.000844. The molecule has 1 heterocycles. The summed E-state index contributed by atoms with van der Waals surface area (Å²) in [5, 5.41) is 8.25. The number of fused-ring (bicyclic) bond motifs is 1. The van der Waals surface area contributed by atoms with Crippen molar-refractivity contribution in [3.8, 4) is 17.2 Å². The number of ether oxygens (including phenoxy) is 3. The number of methoxy groups -OCH3 is 3. The van der Waals surface area contributed by atoms with Gasteiger partial charge >= 0.3 is 0 Å². The van der Waals surface area contributed by atoms with Gasteiger partial charge in [0, 0.05) is 24.4 Å². The highest BCUT2D eigenvalue weighted by atomic mass is 32.2. The molecule has 0 bridgehead atoms. The zero-order valence-electron chi connectivity index (χ0n) is 23.6. The molecule has 1 unspecified atom stereocenters. The van der Waals surface area contributed by atoms with E-state index in [1.807, 2.05) is 6.92 Å². The van der Waals surface area contributed by atoms with E-state index in [9.17, 15) is 18.0 Å². The molecule has 1 atom stereocenters. The van der Waals surface area contributed by atoms with Gasteiger partial charge in [-0.1, -0.05) is 36.9 Å². The first-order valence-electron chi connectivity index (χ1n) is 13.0. The molecule has 0 radical (unpaired) electrons. The maximum atomic E-state index is 13.8. The number of hydrogen-bond acceptors (Lipinski definition) is 9. The number of thioether (sulfide) groups is 1. The molecule has 4 aromatic rings. The van der Waals surface area contributed by atoms with E-state index in [2.05, 4.69) is 5.32 Å². The van der Waals surface area contributed by atoms with E-state index in [-0.39, 0.29) is 22.9 Å². The maximum absolute atomic E-state index is 13.8. The first kappa shape index (κ1) is 30.9. The second-order valence-electron chi connectivity index (χ2n) is 9.25. The first-order chi connectivity index (χ1) is 20.1. The van der Waals surface area contributed by atoms with Crippen molar-refractivity contribution in [2.75, 3.05) is 26.6 Å². The zero-order chi connectivity index (χ0) is 30.4. The fourth-order valence-electron chi connectivity index (χ4n) is 4.27. The standard InChI is InChI=1S/C29H32N4O7S2/c1-5-26(27(34)31-19-7-6-8-20(15-19)38-2)41-29-32-23-17-25(40-4)24(39-3)16-22(23)28(35)33(29)14-13-18-9-11-21(12-10-18)42(30,36)37/h6-12,15-17,26H,5,13-14H2,1-4H3,(H,31,34)(H2,30,36,37). The van der Waals surface area contributed by atoms with E-state index in [0.717, 1.165) is 5.56 Å². The van der Waals surface area contributed by atoms with Gasteiger partial charge in [0.2, 0.25) is 15.9 Å². The van der Waals surface area contributed by atoms with Crippen LogP contribution in [0.3, 0.4) is 0 Å². The molecule has 3 N–H and O–H groups in total. The average Bonchev–Trinajstić information content (AvgIpc) is 2.98. The summed E-state index contributed by atoms with van der Waals surface area (Å²) in [6.45, 7) is 2.11. The van der Waals surface area contributed by atoms with Crippen LogP contribution in [-0.2, 0) is 27.8 Å². The molecule has 1 aromatic heterocycles. The quantitative estimate of drug-likeness (QED) is 0.180. The van der Waals surface area contributed by atoms with Crippen molar-refractivity contribution in [2.24, 2.45) is 5.14 Å². The lowest BCUT2D eigenvalue weighted by atomic mass is 10.1. The van der Waals surface area contributed by atoms with Crippen LogP contribution in [0.5, 0.6) is 17.2 Å². The third-order valence-corrected chi connectivity index (χ3v) is 8.83. The summed E-state index contributed by atoms with van der Waals surface area (Å²) in [4.78, 5) is 31.9. The van der Waals surface area contributed by atoms with Crippen LogP contribution in [0.15, 0.2) is 75.5 Å². The molecular formula is C29H32N4O7S2. The Morgan fingerprint density at radius 3 is 2.33 bits per heavy atom. The Kier molecular flexibility index (Phi) is 9.76. The lowest BCUT2D eigenvalue weighted by Crippen LogP contribution is -2.28. The molecule has 3 aromatic carbocycles. The first-order valence-corrected chi connectivity index (χ1v) is 15.4. The normalized spacial score (nSPS) is 12.1. The van der Waals surface area contributed by atoms with Crippen molar-refractivity contribution in [1.29, 1.82) is 0 Å². The average molecular weight is 613 g/mol.